The third-order valence-corrected chi connectivity index (χ3v) is 7.92. The Morgan fingerprint density at radius 2 is 1.43 bits per heavy atom. The van der Waals surface area contributed by atoms with Crippen molar-refractivity contribution < 1.29 is 18.0 Å². The molecule has 0 saturated heterocycles. The number of carbonyl (C=O) groups excluding carboxylic acids is 2. The van der Waals surface area contributed by atoms with Crippen molar-refractivity contribution in [2.24, 2.45) is 0 Å². The minimum Gasteiger partial charge on any atom is -0.354 e. The van der Waals surface area contributed by atoms with Crippen LogP contribution in [-0.2, 0) is 26.0 Å². The van der Waals surface area contributed by atoms with Crippen LogP contribution in [0, 0.1) is 0 Å². The molecule has 0 spiro atoms. The molecule has 0 aliphatic rings. The van der Waals surface area contributed by atoms with Crippen LogP contribution in [0.15, 0.2) is 95.9 Å². The van der Waals surface area contributed by atoms with Gasteiger partial charge in [0.25, 0.3) is 10.0 Å². The molecule has 2 amide bonds. The summed E-state index contributed by atoms with van der Waals surface area (Å²) in [4.78, 5) is 28.2. The van der Waals surface area contributed by atoms with E-state index < -0.39 is 28.5 Å². The predicted molar refractivity (Wildman–Crippen MR) is 147 cm³/mol. The summed E-state index contributed by atoms with van der Waals surface area (Å²) in [5.41, 5.74) is 1.40. The standard InChI is InChI=1S/C29H35N3O4S/c1-3-4-21-30-29(34)24(2)31(22-20-25-14-8-5-9-15-25)28(33)23-32(26-16-10-6-11-17-26)37(35,36)27-18-12-7-13-19-27/h5-19,24H,3-4,20-23H2,1-2H3,(H,30,34)/t24-/m1/s1. The molecule has 196 valence electrons. The zero-order valence-electron chi connectivity index (χ0n) is 21.4. The lowest BCUT2D eigenvalue weighted by atomic mass is 10.1. The molecular formula is C29H35N3O4S. The molecule has 0 aromatic heterocycles. The number of amides is 2. The molecular weight excluding hydrogens is 486 g/mol. The lowest BCUT2D eigenvalue weighted by Gasteiger charge is -2.32. The Bertz CT molecular complexity index is 1240. The fourth-order valence-corrected chi connectivity index (χ4v) is 5.38. The SMILES string of the molecule is CCCCNC(=O)[C@@H](C)N(CCc1ccccc1)C(=O)CN(c1ccccc1)S(=O)(=O)c1ccccc1. The number of nitrogens with one attached hydrogen (secondary N) is 1. The summed E-state index contributed by atoms with van der Waals surface area (Å²) >= 11 is 0. The minimum absolute atomic E-state index is 0.0906. The second-order valence-electron chi connectivity index (χ2n) is 8.80. The maximum Gasteiger partial charge on any atom is 0.264 e. The van der Waals surface area contributed by atoms with Gasteiger partial charge in [-0.25, -0.2) is 8.42 Å². The molecule has 7 nitrogen and oxygen atoms in total. The summed E-state index contributed by atoms with van der Waals surface area (Å²) < 4.78 is 28.4. The van der Waals surface area contributed by atoms with E-state index in [1.54, 1.807) is 55.5 Å². The third kappa shape index (κ3) is 7.67. The third-order valence-electron chi connectivity index (χ3n) is 6.14. The van der Waals surface area contributed by atoms with E-state index in [1.807, 2.05) is 37.3 Å². The Kier molecular flexibility index (Phi) is 10.3. The highest BCUT2D eigenvalue weighted by molar-refractivity contribution is 7.92. The second kappa shape index (κ2) is 13.6. The summed E-state index contributed by atoms with van der Waals surface area (Å²) in [6.45, 7) is 4.10. The predicted octanol–water partition coefficient (Wildman–Crippen LogP) is 4.26. The molecule has 0 saturated carbocycles. The van der Waals surface area contributed by atoms with Crippen molar-refractivity contribution in [2.75, 3.05) is 23.9 Å². The fraction of sp³-hybridized carbons (Fsp3) is 0.310. The summed E-state index contributed by atoms with van der Waals surface area (Å²) in [6.07, 6.45) is 2.32. The first-order valence-corrected chi connectivity index (χ1v) is 14.0. The molecule has 0 aliphatic heterocycles. The summed E-state index contributed by atoms with van der Waals surface area (Å²) in [5.74, 6) is -0.704. The Morgan fingerprint density at radius 3 is 2.03 bits per heavy atom. The Hall–Kier alpha value is -3.65. The number of para-hydroxylation sites is 1. The lowest BCUT2D eigenvalue weighted by Crippen LogP contribution is -2.52. The van der Waals surface area contributed by atoms with Crippen LogP contribution in [0.2, 0.25) is 0 Å². The van der Waals surface area contributed by atoms with Crippen LogP contribution in [0.25, 0.3) is 0 Å². The molecule has 0 fully saturated rings. The van der Waals surface area contributed by atoms with Gasteiger partial charge in [0.2, 0.25) is 11.8 Å². The van der Waals surface area contributed by atoms with Crippen molar-refractivity contribution in [1.82, 2.24) is 10.2 Å². The van der Waals surface area contributed by atoms with E-state index in [0.717, 1.165) is 22.7 Å². The maximum atomic E-state index is 13.7. The molecule has 3 aromatic carbocycles. The van der Waals surface area contributed by atoms with E-state index in [2.05, 4.69) is 5.32 Å². The first kappa shape index (κ1) is 27.9. The number of anilines is 1. The first-order valence-electron chi connectivity index (χ1n) is 12.6. The highest BCUT2D eigenvalue weighted by atomic mass is 32.2. The minimum atomic E-state index is -4.03. The monoisotopic (exact) mass is 521 g/mol. The van der Waals surface area contributed by atoms with E-state index in [9.17, 15) is 18.0 Å². The topological polar surface area (TPSA) is 86.8 Å². The molecule has 3 aromatic rings. The largest absolute Gasteiger partial charge is 0.354 e. The molecule has 8 heteroatoms. The molecule has 0 bridgehead atoms. The Labute approximate surface area is 220 Å². The van der Waals surface area contributed by atoms with Crippen molar-refractivity contribution in [3.05, 3.63) is 96.6 Å². The van der Waals surface area contributed by atoms with Crippen LogP contribution >= 0.6 is 0 Å². The first-order chi connectivity index (χ1) is 17.8. The summed E-state index contributed by atoms with van der Waals surface area (Å²) in [5, 5.41) is 2.89. The van der Waals surface area contributed by atoms with Gasteiger partial charge >= 0.3 is 0 Å². The molecule has 0 aliphatic carbocycles. The zero-order chi connectivity index (χ0) is 26.7. The number of unbranched alkanes of at least 4 members (excludes halogenated alkanes) is 1. The van der Waals surface area contributed by atoms with E-state index in [0.29, 0.717) is 18.7 Å². The van der Waals surface area contributed by atoms with Gasteiger partial charge in [-0.2, -0.15) is 0 Å². The smallest absolute Gasteiger partial charge is 0.264 e. The molecule has 1 atom stereocenters. The summed E-state index contributed by atoms with van der Waals surface area (Å²) in [6, 6.07) is 25.5. The molecule has 0 heterocycles. The number of hydrogen-bond acceptors (Lipinski definition) is 4. The van der Waals surface area contributed by atoms with Crippen molar-refractivity contribution >= 4 is 27.5 Å². The van der Waals surface area contributed by atoms with Crippen LogP contribution in [-0.4, -0.2) is 50.8 Å². The molecule has 37 heavy (non-hydrogen) atoms. The van der Waals surface area contributed by atoms with Gasteiger partial charge in [0.15, 0.2) is 0 Å². The van der Waals surface area contributed by atoms with Gasteiger partial charge in [0.05, 0.1) is 10.6 Å². The highest BCUT2D eigenvalue weighted by Crippen LogP contribution is 2.24. The summed E-state index contributed by atoms with van der Waals surface area (Å²) in [7, 11) is -4.03. The van der Waals surface area contributed by atoms with Gasteiger partial charge in [-0.05, 0) is 49.6 Å². The van der Waals surface area contributed by atoms with E-state index >= 15 is 0 Å². The molecule has 0 radical (unpaired) electrons. The average Bonchev–Trinajstić information content (AvgIpc) is 2.93. The van der Waals surface area contributed by atoms with Crippen molar-refractivity contribution in [2.45, 2.75) is 44.0 Å². The van der Waals surface area contributed by atoms with Gasteiger partial charge in [-0.3, -0.25) is 13.9 Å². The van der Waals surface area contributed by atoms with Crippen molar-refractivity contribution in [1.29, 1.82) is 0 Å². The Balaban J connectivity index is 1.90. The number of rotatable bonds is 13. The van der Waals surface area contributed by atoms with Crippen molar-refractivity contribution in [3.8, 4) is 0 Å². The van der Waals surface area contributed by atoms with Crippen LogP contribution < -0.4 is 9.62 Å². The van der Waals surface area contributed by atoms with Crippen LogP contribution in [0.5, 0.6) is 0 Å². The number of benzene rings is 3. The second-order valence-corrected chi connectivity index (χ2v) is 10.7. The van der Waals surface area contributed by atoms with Crippen LogP contribution in [0.1, 0.15) is 32.3 Å². The van der Waals surface area contributed by atoms with Crippen LogP contribution in [0.3, 0.4) is 0 Å². The van der Waals surface area contributed by atoms with Gasteiger partial charge in [-0.15, -0.1) is 0 Å². The van der Waals surface area contributed by atoms with Crippen molar-refractivity contribution in [3.63, 3.8) is 0 Å². The van der Waals surface area contributed by atoms with Gasteiger partial charge in [0.1, 0.15) is 12.6 Å². The lowest BCUT2D eigenvalue weighted by molar-refractivity contribution is -0.138. The normalized spacial score (nSPS) is 11.9. The highest BCUT2D eigenvalue weighted by Gasteiger charge is 2.32. The Morgan fingerprint density at radius 1 is 0.865 bits per heavy atom. The average molecular weight is 522 g/mol. The van der Waals surface area contributed by atoms with E-state index in [1.165, 1.54) is 17.0 Å². The fourth-order valence-electron chi connectivity index (χ4n) is 3.95. The van der Waals surface area contributed by atoms with Crippen LogP contribution in [0.4, 0.5) is 5.69 Å². The van der Waals surface area contributed by atoms with E-state index in [-0.39, 0.29) is 17.3 Å². The quantitative estimate of drug-likeness (QED) is 0.341. The number of sulfonamides is 1. The molecule has 1 N–H and O–H groups in total. The number of hydrogen-bond donors (Lipinski definition) is 1. The number of nitrogens with zero attached hydrogens (tertiary/aromatic N) is 2. The molecule has 3 rings (SSSR count). The number of carbonyl (C=O) groups is 2. The van der Waals surface area contributed by atoms with Gasteiger partial charge in [0, 0.05) is 13.1 Å². The zero-order valence-corrected chi connectivity index (χ0v) is 22.2. The van der Waals surface area contributed by atoms with Gasteiger partial charge < -0.3 is 10.2 Å². The maximum absolute atomic E-state index is 13.7. The molecule has 0 unspecified atom stereocenters. The van der Waals surface area contributed by atoms with E-state index in [4.69, 9.17) is 0 Å². The van der Waals surface area contributed by atoms with Gasteiger partial charge in [-0.1, -0.05) is 80.1 Å².